The highest BCUT2D eigenvalue weighted by Gasteiger charge is 2.20. The number of rotatable bonds is 3. The van der Waals surface area contributed by atoms with Gasteiger partial charge >= 0.3 is 0 Å². The lowest BCUT2D eigenvalue weighted by atomic mass is 10.3. The molecular weight excluding hydrogens is 205 g/mol. The summed E-state index contributed by atoms with van der Waals surface area (Å²) in [6.45, 7) is 1.05. The first-order valence-corrected chi connectivity index (χ1v) is 5.20. The standard InChI is InChI=1S/C10H11Cl2N/c11-9-4-3-8(5-10(9)12)13-6-7-1-2-7/h3-5,7,13H,1-2,6H2. The molecule has 1 saturated carbocycles. The van der Waals surface area contributed by atoms with E-state index in [-0.39, 0.29) is 0 Å². The summed E-state index contributed by atoms with van der Waals surface area (Å²) in [6.07, 6.45) is 2.71. The van der Waals surface area contributed by atoms with Crippen LogP contribution in [0.1, 0.15) is 12.8 Å². The van der Waals surface area contributed by atoms with Crippen LogP contribution in [-0.2, 0) is 0 Å². The number of anilines is 1. The number of nitrogens with one attached hydrogen (secondary N) is 1. The van der Waals surface area contributed by atoms with Gasteiger partial charge in [-0.3, -0.25) is 0 Å². The fraction of sp³-hybridized carbons (Fsp3) is 0.400. The van der Waals surface area contributed by atoms with Crippen molar-refractivity contribution in [3.05, 3.63) is 28.2 Å². The Balaban J connectivity index is 1.98. The van der Waals surface area contributed by atoms with E-state index in [9.17, 15) is 0 Å². The highest BCUT2D eigenvalue weighted by Crippen LogP contribution is 2.30. The van der Waals surface area contributed by atoms with Crippen LogP contribution in [-0.4, -0.2) is 6.54 Å². The summed E-state index contributed by atoms with van der Waals surface area (Å²) in [4.78, 5) is 0. The van der Waals surface area contributed by atoms with Crippen LogP contribution < -0.4 is 5.32 Å². The zero-order chi connectivity index (χ0) is 9.26. The molecule has 0 heterocycles. The van der Waals surface area contributed by atoms with Gasteiger partial charge in [-0.15, -0.1) is 0 Å². The maximum Gasteiger partial charge on any atom is 0.0612 e. The van der Waals surface area contributed by atoms with Gasteiger partial charge in [0.05, 0.1) is 10.0 Å². The predicted molar refractivity (Wildman–Crippen MR) is 57.7 cm³/mol. The highest BCUT2D eigenvalue weighted by molar-refractivity contribution is 6.42. The highest BCUT2D eigenvalue weighted by atomic mass is 35.5. The van der Waals surface area contributed by atoms with Crippen LogP contribution in [0, 0.1) is 5.92 Å². The Hall–Kier alpha value is -0.400. The molecule has 1 nitrogen and oxygen atoms in total. The summed E-state index contributed by atoms with van der Waals surface area (Å²) in [5.74, 6) is 0.870. The average molecular weight is 216 g/mol. The fourth-order valence-electron chi connectivity index (χ4n) is 1.19. The van der Waals surface area contributed by atoms with E-state index < -0.39 is 0 Å². The van der Waals surface area contributed by atoms with Gasteiger partial charge in [0.25, 0.3) is 0 Å². The molecule has 0 spiro atoms. The molecule has 3 heteroatoms. The van der Waals surface area contributed by atoms with E-state index in [2.05, 4.69) is 5.32 Å². The summed E-state index contributed by atoms with van der Waals surface area (Å²) in [7, 11) is 0. The van der Waals surface area contributed by atoms with Crippen molar-refractivity contribution in [2.45, 2.75) is 12.8 Å². The minimum absolute atomic E-state index is 0.610. The Morgan fingerprint density at radius 1 is 1.23 bits per heavy atom. The van der Waals surface area contributed by atoms with Crippen LogP contribution in [0.3, 0.4) is 0 Å². The van der Waals surface area contributed by atoms with Crippen LogP contribution >= 0.6 is 23.2 Å². The van der Waals surface area contributed by atoms with E-state index in [0.29, 0.717) is 10.0 Å². The maximum absolute atomic E-state index is 5.87. The van der Waals surface area contributed by atoms with Crippen molar-refractivity contribution >= 4 is 28.9 Å². The first-order valence-electron chi connectivity index (χ1n) is 4.44. The summed E-state index contributed by atoms with van der Waals surface area (Å²) in [5, 5.41) is 4.55. The summed E-state index contributed by atoms with van der Waals surface area (Å²) in [6, 6.07) is 5.64. The molecule has 0 saturated heterocycles. The average Bonchev–Trinajstić information content (AvgIpc) is 2.91. The van der Waals surface area contributed by atoms with Crippen molar-refractivity contribution in [2.24, 2.45) is 5.92 Å². The third-order valence-corrected chi connectivity index (χ3v) is 2.95. The monoisotopic (exact) mass is 215 g/mol. The van der Waals surface area contributed by atoms with Gasteiger partial charge < -0.3 is 5.32 Å². The third kappa shape index (κ3) is 2.52. The number of hydrogen-bond donors (Lipinski definition) is 1. The van der Waals surface area contributed by atoms with Gasteiger partial charge in [0.15, 0.2) is 0 Å². The molecule has 1 N–H and O–H groups in total. The third-order valence-electron chi connectivity index (χ3n) is 2.21. The Morgan fingerprint density at radius 2 is 2.00 bits per heavy atom. The van der Waals surface area contributed by atoms with Crippen molar-refractivity contribution in [3.63, 3.8) is 0 Å². The number of halogens is 2. The van der Waals surface area contributed by atoms with Crippen molar-refractivity contribution in [2.75, 3.05) is 11.9 Å². The van der Waals surface area contributed by atoms with Crippen molar-refractivity contribution in [1.82, 2.24) is 0 Å². The van der Waals surface area contributed by atoms with E-state index in [0.717, 1.165) is 18.2 Å². The van der Waals surface area contributed by atoms with E-state index >= 15 is 0 Å². The zero-order valence-corrected chi connectivity index (χ0v) is 8.70. The smallest absolute Gasteiger partial charge is 0.0612 e. The van der Waals surface area contributed by atoms with Crippen LogP contribution in [0.4, 0.5) is 5.69 Å². The van der Waals surface area contributed by atoms with Gasteiger partial charge in [0, 0.05) is 12.2 Å². The van der Waals surface area contributed by atoms with E-state index in [1.54, 1.807) is 0 Å². The van der Waals surface area contributed by atoms with Gasteiger partial charge in [-0.1, -0.05) is 23.2 Å². The SMILES string of the molecule is Clc1ccc(NCC2CC2)cc1Cl. The topological polar surface area (TPSA) is 12.0 Å². The molecule has 0 aliphatic heterocycles. The lowest BCUT2D eigenvalue weighted by Crippen LogP contribution is -2.02. The molecule has 1 aliphatic rings. The lowest BCUT2D eigenvalue weighted by molar-refractivity contribution is 0.889. The Bertz CT molecular complexity index is 308. The van der Waals surface area contributed by atoms with Crippen LogP contribution in [0.2, 0.25) is 10.0 Å². The van der Waals surface area contributed by atoms with Crippen LogP contribution in [0.15, 0.2) is 18.2 Å². The lowest BCUT2D eigenvalue weighted by Gasteiger charge is -2.05. The quantitative estimate of drug-likeness (QED) is 0.809. The number of hydrogen-bond acceptors (Lipinski definition) is 1. The van der Waals surface area contributed by atoms with Gasteiger partial charge in [0.2, 0.25) is 0 Å². The first kappa shape index (κ1) is 9.17. The molecule has 1 aromatic carbocycles. The second kappa shape index (κ2) is 3.77. The molecule has 1 aliphatic carbocycles. The molecular formula is C10H11Cl2N. The van der Waals surface area contributed by atoms with Gasteiger partial charge in [-0.05, 0) is 37.0 Å². The molecule has 0 aromatic heterocycles. The molecule has 0 amide bonds. The van der Waals surface area contributed by atoms with E-state index in [4.69, 9.17) is 23.2 Å². The predicted octanol–water partition coefficient (Wildman–Crippen LogP) is 3.82. The minimum atomic E-state index is 0.610. The fourth-order valence-corrected chi connectivity index (χ4v) is 1.49. The van der Waals surface area contributed by atoms with E-state index in [1.165, 1.54) is 12.8 Å². The van der Waals surface area contributed by atoms with Gasteiger partial charge in [0.1, 0.15) is 0 Å². The minimum Gasteiger partial charge on any atom is -0.385 e. The molecule has 0 atom stereocenters. The van der Waals surface area contributed by atoms with Crippen LogP contribution in [0.25, 0.3) is 0 Å². The second-order valence-corrected chi connectivity index (χ2v) is 4.27. The molecule has 13 heavy (non-hydrogen) atoms. The Kier molecular flexibility index (Phi) is 2.66. The molecule has 2 rings (SSSR count). The molecule has 0 unspecified atom stereocenters. The Morgan fingerprint density at radius 3 is 2.62 bits per heavy atom. The molecule has 70 valence electrons. The van der Waals surface area contributed by atoms with Crippen molar-refractivity contribution < 1.29 is 0 Å². The second-order valence-electron chi connectivity index (χ2n) is 3.45. The molecule has 0 radical (unpaired) electrons. The number of benzene rings is 1. The normalized spacial score (nSPS) is 15.8. The molecule has 0 bridgehead atoms. The van der Waals surface area contributed by atoms with Crippen molar-refractivity contribution in [3.8, 4) is 0 Å². The molecule has 1 fully saturated rings. The summed E-state index contributed by atoms with van der Waals surface area (Å²) < 4.78 is 0. The summed E-state index contributed by atoms with van der Waals surface area (Å²) in [5.41, 5.74) is 1.06. The van der Waals surface area contributed by atoms with Gasteiger partial charge in [-0.25, -0.2) is 0 Å². The Labute approximate surface area is 88.0 Å². The summed E-state index contributed by atoms with van der Waals surface area (Å²) >= 11 is 11.7. The maximum atomic E-state index is 5.87. The molecule has 1 aromatic rings. The van der Waals surface area contributed by atoms with E-state index in [1.807, 2.05) is 18.2 Å². The van der Waals surface area contributed by atoms with Crippen molar-refractivity contribution in [1.29, 1.82) is 0 Å². The van der Waals surface area contributed by atoms with Crippen LogP contribution in [0.5, 0.6) is 0 Å². The van der Waals surface area contributed by atoms with Gasteiger partial charge in [-0.2, -0.15) is 0 Å². The first-order chi connectivity index (χ1) is 6.25. The largest absolute Gasteiger partial charge is 0.385 e. The zero-order valence-electron chi connectivity index (χ0n) is 7.19.